The fraction of sp³-hybridized carbons (Fsp3) is 0.875. The summed E-state index contributed by atoms with van der Waals surface area (Å²) >= 11 is 0. The van der Waals surface area contributed by atoms with Crippen molar-refractivity contribution < 1.29 is 24.2 Å². The van der Waals surface area contributed by atoms with Crippen LogP contribution < -0.4 is 5.32 Å². The molecule has 0 bridgehead atoms. The second-order valence-corrected chi connectivity index (χ2v) is 10.4. The van der Waals surface area contributed by atoms with Gasteiger partial charge in [-0.1, -0.05) is 53.9 Å². The molecule has 180 valence electrons. The van der Waals surface area contributed by atoms with E-state index in [9.17, 15) is 19.5 Å². The number of aliphatic carboxylic acids is 1. The molecule has 7 heteroatoms. The summed E-state index contributed by atoms with van der Waals surface area (Å²) in [6.07, 6.45) is 5.87. The van der Waals surface area contributed by atoms with Crippen LogP contribution in [-0.2, 0) is 19.1 Å². The highest BCUT2D eigenvalue weighted by Crippen LogP contribution is 2.40. The van der Waals surface area contributed by atoms with Gasteiger partial charge in [-0.3, -0.25) is 14.9 Å². The van der Waals surface area contributed by atoms with Gasteiger partial charge in [0.25, 0.3) is 0 Å². The third-order valence-electron chi connectivity index (χ3n) is 5.60. The molecule has 2 N–H and O–H groups in total. The number of rotatable bonds is 8. The van der Waals surface area contributed by atoms with E-state index in [0.717, 1.165) is 32.1 Å². The van der Waals surface area contributed by atoms with Gasteiger partial charge in [0, 0.05) is 6.04 Å². The fourth-order valence-corrected chi connectivity index (χ4v) is 4.39. The predicted octanol–water partition coefficient (Wildman–Crippen LogP) is 3.99. The first-order valence-corrected chi connectivity index (χ1v) is 11.9. The minimum absolute atomic E-state index is 0.00817. The average molecular weight is 441 g/mol. The van der Waals surface area contributed by atoms with E-state index in [4.69, 9.17) is 4.74 Å². The largest absolute Gasteiger partial charge is 0.480 e. The molecule has 5 atom stereocenters. The monoisotopic (exact) mass is 440 g/mol. The number of carboxylic acids is 1. The molecule has 2 aliphatic rings. The van der Waals surface area contributed by atoms with Crippen molar-refractivity contribution in [3.05, 3.63) is 0 Å². The number of ether oxygens (including phenoxy) is 1. The normalized spacial score (nSPS) is 25.0. The quantitative estimate of drug-likeness (QED) is 0.554. The molecule has 1 saturated heterocycles. The van der Waals surface area contributed by atoms with Crippen molar-refractivity contribution in [2.24, 2.45) is 11.3 Å². The lowest BCUT2D eigenvalue weighted by Gasteiger charge is -2.35. The Hall–Kier alpha value is -1.63. The number of nitrogens with zero attached hydrogens (tertiary/aromatic N) is 1. The summed E-state index contributed by atoms with van der Waals surface area (Å²) in [7, 11) is 0. The predicted molar refractivity (Wildman–Crippen MR) is 122 cm³/mol. The molecule has 1 heterocycles. The SMILES string of the molecule is CC(C)(C)C.CCC[C@H](N[C@H](C)C(=O)N1C2CCCCC2C[C@H]1C(=O)O)C(=O)OCC. The smallest absolute Gasteiger partial charge is 0.326 e. The lowest BCUT2D eigenvalue weighted by atomic mass is 9.84. The Bertz CT molecular complexity index is 595. The lowest BCUT2D eigenvalue weighted by Crippen LogP contribution is -2.55. The Balaban J connectivity index is 0.000000861. The zero-order chi connectivity index (χ0) is 23.8. The number of hydrogen-bond acceptors (Lipinski definition) is 5. The third-order valence-corrected chi connectivity index (χ3v) is 5.60. The number of nitrogens with one attached hydrogen (secondary N) is 1. The zero-order valence-corrected chi connectivity index (χ0v) is 20.6. The van der Waals surface area contributed by atoms with Gasteiger partial charge in [-0.15, -0.1) is 0 Å². The number of carbonyl (C=O) groups excluding carboxylic acids is 2. The van der Waals surface area contributed by atoms with E-state index in [2.05, 4.69) is 33.0 Å². The van der Waals surface area contributed by atoms with Crippen LogP contribution in [0.25, 0.3) is 0 Å². The number of fused-ring (bicyclic) bond motifs is 1. The second-order valence-electron chi connectivity index (χ2n) is 10.4. The van der Waals surface area contributed by atoms with Gasteiger partial charge in [0.2, 0.25) is 5.91 Å². The molecular formula is C24H44N2O5. The van der Waals surface area contributed by atoms with Gasteiger partial charge >= 0.3 is 11.9 Å². The van der Waals surface area contributed by atoms with Crippen molar-refractivity contribution in [2.45, 2.75) is 118 Å². The summed E-state index contributed by atoms with van der Waals surface area (Å²) in [6.45, 7) is 14.5. The molecule has 0 radical (unpaired) electrons. The maximum Gasteiger partial charge on any atom is 0.326 e. The van der Waals surface area contributed by atoms with E-state index in [1.807, 2.05) is 6.92 Å². The van der Waals surface area contributed by atoms with Crippen LogP contribution in [0.15, 0.2) is 0 Å². The first kappa shape index (κ1) is 27.4. The molecular weight excluding hydrogens is 396 g/mol. The van der Waals surface area contributed by atoms with E-state index in [0.29, 0.717) is 24.9 Å². The maximum atomic E-state index is 13.1. The van der Waals surface area contributed by atoms with Crippen LogP contribution in [0.2, 0.25) is 0 Å². The third kappa shape index (κ3) is 8.79. The summed E-state index contributed by atoms with van der Waals surface area (Å²) in [5, 5.41) is 12.7. The van der Waals surface area contributed by atoms with E-state index in [1.54, 1.807) is 18.7 Å². The molecule has 1 amide bonds. The van der Waals surface area contributed by atoms with Crippen LogP contribution in [0.5, 0.6) is 0 Å². The summed E-state index contributed by atoms with van der Waals surface area (Å²) in [5.41, 5.74) is 0.500. The molecule has 0 aromatic heterocycles. The molecule has 0 aromatic carbocycles. The highest BCUT2D eigenvalue weighted by atomic mass is 16.5. The molecule has 1 saturated carbocycles. The molecule has 0 aromatic rings. The van der Waals surface area contributed by atoms with Crippen LogP contribution in [0.4, 0.5) is 0 Å². The number of carboxylic acid groups (broad SMARTS) is 1. The number of likely N-dealkylation sites (tertiary alicyclic amines) is 1. The number of carbonyl (C=O) groups is 3. The lowest BCUT2D eigenvalue weighted by molar-refractivity contribution is -0.152. The molecule has 7 nitrogen and oxygen atoms in total. The van der Waals surface area contributed by atoms with Gasteiger partial charge in [0.15, 0.2) is 0 Å². The van der Waals surface area contributed by atoms with Gasteiger partial charge in [0.05, 0.1) is 12.6 Å². The number of hydrogen-bond donors (Lipinski definition) is 2. The first-order chi connectivity index (χ1) is 14.4. The van der Waals surface area contributed by atoms with Crippen LogP contribution in [0.1, 0.15) is 93.4 Å². The minimum Gasteiger partial charge on any atom is -0.480 e. The van der Waals surface area contributed by atoms with Gasteiger partial charge in [-0.2, -0.15) is 0 Å². The van der Waals surface area contributed by atoms with Crippen molar-refractivity contribution >= 4 is 17.8 Å². The summed E-state index contributed by atoms with van der Waals surface area (Å²) in [6, 6.07) is -1.92. The summed E-state index contributed by atoms with van der Waals surface area (Å²) < 4.78 is 5.09. The maximum absolute atomic E-state index is 13.1. The zero-order valence-electron chi connectivity index (χ0n) is 20.6. The van der Waals surface area contributed by atoms with Crippen LogP contribution in [0.3, 0.4) is 0 Å². The van der Waals surface area contributed by atoms with Crippen LogP contribution >= 0.6 is 0 Å². The average Bonchev–Trinajstić information content (AvgIpc) is 3.05. The molecule has 2 unspecified atom stereocenters. The van der Waals surface area contributed by atoms with Gasteiger partial charge in [0.1, 0.15) is 12.1 Å². The van der Waals surface area contributed by atoms with Gasteiger partial charge in [-0.05, 0) is 50.9 Å². The van der Waals surface area contributed by atoms with Crippen LogP contribution in [-0.4, -0.2) is 58.6 Å². The standard InChI is InChI=1S/C19H32N2O5.C5H12/c1-4-8-14(19(25)26-5-2)20-12(3)17(22)21-15-10-7-6-9-13(15)11-16(21)18(23)24;1-5(2,3)4/h12-16,20H,4-11H2,1-3H3,(H,23,24);1-4H3/t12-,13?,14+,15?,16+;/m1./s1. The molecule has 1 aliphatic heterocycles. The van der Waals surface area contributed by atoms with Gasteiger partial charge < -0.3 is 14.7 Å². The minimum atomic E-state index is -0.935. The fourth-order valence-electron chi connectivity index (χ4n) is 4.39. The van der Waals surface area contributed by atoms with E-state index in [-0.39, 0.29) is 23.8 Å². The van der Waals surface area contributed by atoms with Crippen molar-refractivity contribution in [3.63, 3.8) is 0 Å². The summed E-state index contributed by atoms with van der Waals surface area (Å²) in [5.74, 6) is -1.24. The number of amides is 1. The van der Waals surface area contributed by atoms with Crippen LogP contribution in [0, 0.1) is 11.3 Å². The molecule has 0 spiro atoms. The molecule has 2 rings (SSSR count). The number of esters is 1. The Labute approximate surface area is 188 Å². The molecule has 2 fully saturated rings. The van der Waals surface area contributed by atoms with Crippen molar-refractivity contribution in [2.75, 3.05) is 6.61 Å². The summed E-state index contributed by atoms with van der Waals surface area (Å²) in [4.78, 5) is 38.5. The Morgan fingerprint density at radius 2 is 1.71 bits per heavy atom. The van der Waals surface area contributed by atoms with E-state index < -0.39 is 24.1 Å². The molecule has 1 aliphatic carbocycles. The first-order valence-electron chi connectivity index (χ1n) is 11.9. The van der Waals surface area contributed by atoms with E-state index in [1.165, 1.54) is 0 Å². The highest BCUT2D eigenvalue weighted by Gasteiger charge is 2.48. The van der Waals surface area contributed by atoms with Crippen molar-refractivity contribution in [1.82, 2.24) is 10.2 Å². The van der Waals surface area contributed by atoms with E-state index >= 15 is 0 Å². The Kier molecular flexibility index (Phi) is 11.0. The topological polar surface area (TPSA) is 95.9 Å². The Morgan fingerprint density at radius 3 is 2.23 bits per heavy atom. The van der Waals surface area contributed by atoms with Gasteiger partial charge in [-0.25, -0.2) is 4.79 Å². The van der Waals surface area contributed by atoms with Crippen molar-refractivity contribution in [3.8, 4) is 0 Å². The van der Waals surface area contributed by atoms with Crippen molar-refractivity contribution in [1.29, 1.82) is 0 Å². The Morgan fingerprint density at radius 1 is 1.13 bits per heavy atom. The second kappa shape index (κ2) is 12.4. The molecule has 31 heavy (non-hydrogen) atoms. The highest BCUT2D eigenvalue weighted by molar-refractivity contribution is 5.88.